The van der Waals surface area contributed by atoms with Crippen LogP contribution >= 0.6 is 0 Å². The second kappa shape index (κ2) is 6.63. The molecule has 0 atom stereocenters. The van der Waals surface area contributed by atoms with E-state index in [1.165, 1.54) is 24.8 Å². The third-order valence-electron chi connectivity index (χ3n) is 4.71. The number of aromatic nitrogens is 3. The lowest BCUT2D eigenvalue weighted by atomic mass is 9.95. The second-order valence-corrected chi connectivity index (χ2v) is 6.44. The number of carbonyl (C=O) groups is 1. The molecule has 0 aliphatic heterocycles. The van der Waals surface area contributed by atoms with Crippen molar-refractivity contribution in [3.63, 3.8) is 0 Å². The molecule has 1 saturated carbocycles. The molecule has 2 heterocycles. The van der Waals surface area contributed by atoms with E-state index >= 15 is 0 Å². The second-order valence-electron chi connectivity index (χ2n) is 6.44. The van der Waals surface area contributed by atoms with Crippen LogP contribution in [-0.2, 0) is 0 Å². The zero-order valence-corrected chi connectivity index (χ0v) is 13.8. The number of halogens is 1. The van der Waals surface area contributed by atoms with E-state index in [1.807, 2.05) is 0 Å². The van der Waals surface area contributed by atoms with Crippen molar-refractivity contribution in [3.8, 4) is 11.3 Å². The summed E-state index contributed by atoms with van der Waals surface area (Å²) in [5.41, 5.74) is 2.31. The first-order valence-electron chi connectivity index (χ1n) is 8.62. The lowest BCUT2D eigenvalue weighted by Crippen LogP contribution is -2.36. The van der Waals surface area contributed by atoms with E-state index in [4.69, 9.17) is 0 Å². The SMILES string of the molecule is O=C(NC1CCCCC1)c1cnn2c(-c3cccc(F)c3)ccnc12. The quantitative estimate of drug-likeness (QED) is 0.794. The molecule has 6 heteroatoms. The van der Waals surface area contributed by atoms with Crippen molar-refractivity contribution in [1.82, 2.24) is 19.9 Å². The molecule has 0 saturated heterocycles. The van der Waals surface area contributed by atoms with Gasteiger partial charge < -0.3 is 5.32 Å². The summed E-state index contributed by atoms with van der Waals surface area (Å²) < 4.78 is 15.1. The summed E-state index contributed by atoms with van der Waals surface area (Å²) in [5, 5.41) is 7.40. The molecule has 1 aliphatic rings. The Kier molecular flexibility index (Phi) is 4.17. The van der Waals surface area contributed by atoms with E-state index in [0.717, 1.165) is 25.7 Å². The number of hydrogen-bond acceptors (Lipinski definition) is 3. The molecular weight excluding hydrogens is 319 g/mol. The highest BCUT2D eigenvalue weighted by atomic mass is 19.1. The Balaban J connectivity index is 1.68. The summed E-state index contributed by atoms with van der Waals surface area (Å²) >= 11 is 0. The Hall–Kier alpha value is -2.76. The first kappa shape index (κ1) is 15.7. The van der Waals surface area contributed by atoms with E-state index in [2.05, 4.69) is 15.4 Å². The van der Waals surface area contributed by atoms with E-state index in [0.29, 0.717) is 22.5 Å². The van der Waals surface area contributed by atoms with Crippen molar-refractivity contribution in [2.24, 2.45) is 0 Å². The van der Waals surface area contributed by atoms with Gasteiger partial charge >= 0.3 is 0 Å². The van der Waals surface area contributed by atoms with Crippen molar-refractivity contribution in [3.05, 3.63) is 54.1 Å². The molecule has 1 N–H and O–H groups in total. The van der Waals surface area contributed by atoms with Crippen molar-refractivity contribution >= 4 is 11.6 Å². The fourth-order valence-corrected chi connectivity index (χ4v) is 3.43. The lowest BCUT2D eigenvalue weighted by Gasteiger charge is -2.22. The van der Waals surface area contributed by atoms with E-state index in [9.17, 15) is 9.18 Å². The van der Waals surface area contributed by atoms with Crippen LogP contribution in [0.3, 0.4) is 0 Å². The molecule has 5 nitrogen and oxygen atoms in total. The van der Waals surface area contributed by atoms with Crippen LogP contribution in [0.1, 0.15) is 42.5 Å². The van der Waals surface area contributed by atoms with Gasteiger partial charge in [-0.1, -0.05) is 31.4 Å². The first-order valence-corrected chi connectivity index (χ1v) is 8.62. The van der Waals surface area contributed by atoms with Gasteiger partial charge in [-0.05, 0) is 31.0 Å². The topological polar surface area (TPSA) is 59.3 Å². The minimum Gasteiger partial charge on any atom is -0.349 e. The average molecular weight is 338 g/mol. The number of hydrogen-bond donors (Lipinski definition) is 1. The highest BCUT2D eigenvalue weighted by Gasteiger charge is 2.20. The number of nitrogens with one attached hydrogen (secondary N) is 1. The van der Waals surface area contributed by atoms with Crippen LogP contribution in [-0.4, -0.2) is 26.5 Å². The first-order chi connectivity index (χ1) is 12.2. The van der Waals surface area contributed by atoms with Gasteiger partial charge in [0.1, 0.15) is 11.4 Å². The van der Waals surface area contributed by atoms with Crippen LogP contribution in [0.25, 0.3) is 16.9 Å². The van der Waals surface area contributed by atoms with E-state index in [-0.39, 0.29) is 17.8 Å². The molecule has 25 heavy (non-hydrogen) atoms. The highest BCUT2D eigenvalue weighted by Crippen LogP contribution is 2.22. The van der Waals surface area contributed by atoms with Crippen LogP contribution < -0.4 is 5.32 Å². The Morgan fingerprint density at radius 1 is 1.20 bits per heavy atom. The Morgan fingerprint density at radius 2 is 2.04 bits per heavy atom. The molecule has 0 radical (unpaired) electrons. The third kappa shape index (κ3) is 3.12. The molecule has 2 aromatic heterocycles. The predicted octanol–water partition coefficient (Wildman–Crippen LogP) is 3.60. The molecule has 1 fully saturated rings. The summed E-state index contributed by atoms with van der Waals surface area (Å²) in [4.78, 5) is 16.9. The normalized spacial score (nSPS) is 15.4. The maximum absolute atomic E-state index is 13.5. The number of rotatable bonds is 3. The maximum atomic E-state index is 13.5. The molecule has 128 valence electrons. The van der Waals surface area contributed by atoms with Gasteiger partial charge in [-0.15, -0.1) is 0 Å². The van der Waals surface area contributed by atoms with Crippen LogP contribution in [0.2, 0.25) is 0 Å². The van der Waals surface area contributed by atoms with Crippen LogP contribution in [0.5, 0.6) is 0 Å². The van der Waals surface area contributed by atoms with Crippen molar-refractivity contribution in [2.45, 2.75) is 38.1 Å². The Morgan fingerprint density at radius 3 is 2.84 bits per heavy atom. The zero-order valence-electron chi connectivity index (χ0n) is 13.8. The molecular formula is C19H19FN4O. The largest absolute Gasteiger partial charge is 0.349 e. The number of amides is 1. The Bertz CT molecular complexity index is 915. The Labute approximate surface area is 144 Å². The van der Waals surface area contributed by atoms with Gasteiger partial charge in [-0.25, -0.2) is 13.9 Å². The van der Waals surface area contributed by atoms with Gasteiger partial charge in [0.05, 0.1) is 11.9 Å². The number of nitrogens with zero attached hydrogens (tertiary/aromatic N) is 3. The minimum atomic E-state index is -0.315. The summed E-state index contributed by atoms with van der Waals surface area (Å²) in [6.45, 7) is 0. The summed E-state index contributed by atoms with van der Waals surface area (Å²) in [5.74, 6) is -0.462. The average Bonchev–Trinajstić information content (AvgIpc) is 3.07. The number of carbonyl (C=O) groups excluding carboxylic acids is 1. The standard InChI is InChI=1S/C19H19FN4O/c20-14-6-4-5-13(11-14)17-9-10-21-18-16(12-22-24(17)18)19(25)23-15-7-2-1-3-8-15/h4-6,9-12,15H,1-3,7-8H2,(H,23,25). The fourth-order valence-electron chi connectivity index (χ4n) is 3.43. The molecule has 4 rings (SSSR count). The molecule has 1 aliphatic carbocycles. The highest BCUT2D eigenvalue weighted by molar-refractivity contribution is 6.00. The molecule has 0 spiro atoms. The van der Waals surface area contributed by atoms with Crippen LogP contribution in [0.4, 0.5) is 4.39 Å². The minimum absolute atomic E-state index is 0.147. The van der Waals surface area contributed by atoms with Crippen LogP contribution in [0, 0.1) is 5.82 Å². The summed E-state index contributed by atoms with van der Waals surface area (Å²) in [6.07, 6.45) is 8.74. The smallest absolute Gasteiger partial charge is 0.256 e. The maximum Gasteiger partial charge on any atom is 0.256 e. The fraction of sp³-hybridized carbons (Fsp3) is 0.316. The van der Waals surface area contributed by atoms with E-state index < -0.39 is 0 Å². The van der Waals surface area contributed by atoms with Crippen molar-refractivity contribution in [1.29, 1.82) is 0 Å². The molecule has 1 aromatic carbocycles. The summed E-state index contributed by atoms with van der Waals surface area (Å²) in [7, 11) is 0. The van der Waals surface area contributed by atoms with Crippen molar-refractivity contribution < 1.29 is 9.18 Å². The predicted molar refractivity (Wildman–Crippen MR) is 92.7 cm³/mol. The zero-order chi connectivity index (χ0) is 17.2. The number of benzene rings is 1. The third-order valence-corrected chi connectivity index (χ3v) is 4.71. The summed E-state index contributed by atoms with van der Waals surface area (Å²) in [6, 6.07) is 8.28. The molecule has 1 amide bonds. The van der Waals surface area contributed by atoms with Gasteiger partial charge in [0, 0.05) is 17.8 Å². The monoisotopic (exact) mass is 338 g/mol. The lowest BCUT2D eigenvalue weighted by molar-refractivity contribution is 0.0929. The number of fused-ring (bicyclic) bond motifs is 1. The van der Waals surface area contributed by atoms with Crippen LogP contribution in [0.15, 0.2) is 42.7 Å². The molecule has 0 unspecified atom stereocenters. The molecule has 0 bridgehead atoms. The van der Waals surface area contributed by atoms with Gasteiger partial charge in [0.2, 0.25) is 0 Å². The van der Waals surface area contributed by atoms with Gasteiger partial charge in [-0.3, -0.25) is 4.79 Å². The van der Waals surface area contributed by atoms with Gasteiger partial charge in [0.15, 0.2) is 5.65 Å². The van der Waals surface area contributed by atoms with E-state index in [1.54, 1.807) is 28.9 Å². The van der Waals surface area contributed by atoms with Crippen molar-refractivity contribution in [2.75, 3.05) is 0 Å². The molecule has 3 aromatic rings. The van der Waals surface area contributed by atoms with Gasteiger partial charge in [0.25, 0.3) is 5.91 Å². The van der Waals surface area contributed by atoms with Gasteiger partial charge in [-0.2, -0.15) is 5.10 Å².